The number of hydrogen-bond donors (Lipinski definition) is 2. The van der Waals surface area contributed by atoms with Gasteiger partial charge in [-0.3, -0.25) is 0 Å². The summed E-state index contributed by atoms with van der Waals surface area (Å²) in [6, 6.07) is 2.06. The lowest BCUT2D eigenvalue weighted by Crippen LogP contribution is -2.44. The molecular formula is C13H16N2O5. The van der Waals surface area contributed by atoms with E-state index < -0.39 is 23.7 Å². The highest BCUT2D eigenvalue weighted by Crippen LogP contribution is 2.11. The summed E-state index contributed by atoms with van der Waals surface area (Å²) in [7, 11) is 0. The van der Waals surface area contributed by atoms with Crippen molar-refractivity contribution in [2.75, 3.05) is 0 Å². The average molecular weight is 280 g/mol. The van der Waals surface area contributed by atoms with Crippen LogP contribution in [0.15, 0.2) is 16.7 Å². The third-order valence-corrected chi connectivity index (χ3v) is 2.19. The second kappa shape index (κ2) is 6.10. The Morgan fingerprint density at radius 1 is 1.55 bits per heavy atom. The molecule has 0 unspecified atom stereocenters. The Morgan fingerprint density at radius 3 is 2.65 bits per heavy atom. The van der Waals surface area contributed by atoms with E-state index in [1.165, 1.54) is 12.3 Å². The van der Waals surface area contributed by atoms with Crippen LogP contribution < -0.4 is 5.32 Å². The fourth-order valence-electron chi connectivity index (χ4n) is 1.43. The Hall–Kier alpha value is -2.49. The van der Waals surface area contributed by atoms with Gasteiger partial charge >= 0.3 is 12.1 Å². The minimum atomic E-state index is -1.20. The molecule has 7 nitrogen and oxygen atoms in total. The van der Waals surface area contributed by atoms with E-state index in [4.69, 9.17) is 19.5 Å². The average Bonchev–Trinajstić information content (AvgIpc) is 2.73. The van der Waals surface area contributed by atoms with Gasteiger partial charge in [-0.2, -0.15) is 5.26 Å². The van der Waals surface area contributed by atoms with Gasteiger partial charge < -0.3 is 19.6 Å². The van der Waals surface area contributed by atoms with Crippen molar-refractivity contribution in [3.05, 3.63) is 23.7 Å². The maximum Gasteiger partial charge on any atom is 0.408 e. The van der Waals surface area contributed by atoms with Crippen LogP contribution >= 0.6 is 0 Å². The molecule has 20 heavy (non-hydrogen) atoms. The molecule has 2 N–H and O–H groups in total. The number of nitrogens with one attached hydrogen (secondary N) is 1. The van der Waals surface area contributed by atoms with Crippen molar-refractivity contribution in [3.8, 4) is 6.07 Å². The Bertz CT molecular complexity index is 536. The zero-order chi connectivity index (χ0) is 15.3. The zero-order valence-electron chi connectivity index (χ0n) is 11.5. The van der Waals surface area contributed by atoms with Gasteiger partial charge in [0, 0.05) is 6.42 Å². The van der Waals surface area contributed by atoms with E-state index >= 15 is 0 Å². The number of carboxylic acid groups (broad SMARTS) is 1. The molecule has 0 bridgehead atoms. The fourth-order valence-corrected chi connectivity index (χ4v) is 1.43. The van der Waals surface area contributed by atoms with Crippen LogP contribution in [0.2, 0.25) is 0 Å². The minimum Gasteiger partial charge on any atom is -0.480 e. The quantitative estimate of drug-likeness (QED) is 0.867. The molecule has 1 atom stereocenters. The number of amides is 1. The third kappa shape index (κ3) is 5.02. The third-order valence-electron chi connectivity index (χ3n) is 2.19. The van der Waals surface area contributed by atoms with Gasteiger partial charge in [0.2, 0.25) is 5.76 Å². The fraction of sp³-hybridized carbons (Fsp3) is 0.462. The van der Waals surface area contributed by atoms with Gasteiger partial charge in [-0.1, -0.05) is 0 Å². The van der Waals surface area contributed by atoms with E-state index in [2.05, 4.69) is 5.32 Å². The summed E-state index contributed by atoms with van der Waals surface area (Å²) in [4.78, 5) is 22.7. The van der Waals surface area contributed by atoms with Gasteiger partial charge in [0.15, 0.2) is 0 Å². The maximum atomic E-state index is 11.6. The summed E-state index contributed by atoms with van der Waals surface area (Å²) >= 11 is 0. The smallest absolute Gasteiger partial charge is 0.408 e. The molecule has 0 spiro atoms. The van der Waals surface area contributed by atoms with Crippen molar-refractivity contribution in [1.29, 1.82) is 5.26 Å². The predicted octanol–water partition coefficient (Wildman–Crippen LogP) is 1.67. The van der Waals surface area contributed by atoms with Gasteiger partial charge in [0.1, 0.15) is 17.7 Å². The Labute approximate surface area is 116 Å². The second-order valence-corrected chi connectivity index (χ2v) is 5.17. The number of hydrogen-bond acceptors (Lipinski definition) is 5. The summed E-state index contributed by atoms with van der Waals surface area (Å²) in [5, 5.41) is 20.0. The number of rotatable bonds is 4. The lowest BCUT2D eigenvalue weighted by molar-refractivity contribution is -0.139. The SMILES string of the molecule is CC(C)(C)OC(=O)N[C@@H](Cc1coc(C#N)c1)C(=O)O. The molecule has 0 aliphatic heterocycles. The van der Waals surface area contributed by atoms with Crippen molar-refractivity contribution in [3.63, 3.8) is 0 Å². The number of nitrogens with zero attached hydrogens (tertiary/aromatic N) is 1. The molecule has 108 valence electrons. The Kier molecular flexibility index (Phi) is 4.75. The minimum absolute atomic E-state index is 0.000242. The van der Waals surface area contributed by atoms with Crippen molar-refractivity contribution < 1.29 is 23.8 Å². The largest absolute Gasteiger partial charge is 0.480 e. The van der Waals surface area contributed by atoms with E-state index in [0.29, 0.717) is 5.56 Å². The van der Waals surface area contributed by atoms with E-state index in [-0.39, 0.29) is 12.2 Å². The Balaban J connectivity index is 2.68. The van der Waals surface area contributed by atoms with Crippen LogP contribution in [0.1, 0.15) is 32.1 Å². The van der Waals surface area contributed by atoms with Crippen molar-refractivity contribution in [2.24, 2.45) is 0 Å². The van der Waals surface area contributed by atoms with Crippen LogP contribution in [-0.2, 0) is 16.0 Å². The monoisotopic (exact) mass is 280 g/mol. The predicted molar refractivity (Wildman–Crippen MR) is 67.9 cm³/mol. The number of carbonyl (C=O) groups is 2. The van der Waals surface area contributed by atoms with Gasteiger partial charge in [0.05, 0.1) is 6.26 Å². The summed E-state index contributed by atoms with van der Waals surface area (Å²) in [6.07, 6.45) is 0.472. The first kappa shape index (κ1) is 15.6. The normalized spacial score (nSPS) is 12.3. The van der Waals surface area contributed by atoms with Gasteiger partial charge in [-0.15, -0.1) is 0 Å². The van der Waals surface area contributed by atoms with E-state index in [0.717, 1.165) is 0 Å². The van der Waals surface area contributed by atoms with E-state index in [1.54, 1.807) is 26.8 Å². The summed E-state index contributed by atoms with van der Waals surface area (Å²) in [6.45, 7) is 5.03. The number of alkyl carbamates (subject to hydrolysis) is 1. The highest BCUT2D eigenvalue weighted by Gasteiger charge is 2.24. The van der Waals surface area contributed by atoms with Gasteiger partial charge in [-0.25, -0.2) is 9.59 Å². The molecule has 1 rings (SSSR count). The highest BCUT2D eigenvalue weighted by molar-refractivity contribution is 5.80. The molecule has 0 saturated heterocycles. The van der Waals surface area contributed by atoms with Crippen molar-refractivity contribution >= 4 is 12.1 Å². The Morgan fingerprint density at radius 2 is 2.20 bits per heavy atom. The lowest BCUT2D eigenvalue weighted by atomic mass is 10.1. The van der Waals surface area contributed by atoms with Crippen LogP contribution in [0.5, 0.6) is 0 Å². The molecule has 1 aromatic heterocycles. The first-order valence-electron chi connectivity index (χ1n) is 5.91. The summed E-state index contributed by atoms with van der Waals surface area (Å²) in [5.41, 5.74) is -0.207. The molecule has 1 amide bonds. The highest BCUT2D eigenvalue weighted by atomic mass is 16.6. The molecule has 0 aliphatic carbocycles. The molecule has 1 heterocycles. The summed E-state index contributed by atoms with van der Waals surface area (Å²) < 4.78 is 9.88. The van der Waals surface area contributed by atoms with Gasteiger partial charge in [0.25, 0.3) is 0 Å². The van der Waals surface area contributed by atoms with Crippen LogP contribution in [0.25, 0.3) is 0 Å². The lowest BCUT2D eigenvalue weighted by Gasteiger charge is -2.21. The van der Waals surface area contributed by atoms with Crippen LogP contribution in [0.3, 0.4) is 0 Å². The zero-order valence-corrected chi connectivity index (χ0v) is 11.5. The standard InChI is InChI=1S/C13H16N2O5/c1-13(2,3)20-12(18)15-10(11(16)17)5-8-4-9(6-14)19-7-8/h4,7,10H,5H2,1-3H3,(H,15,18)(H,16,17)/t10-/m0/s1. The summed E-state index contributed by atoms with van der Waals surface area (Å²) in [5.74, 6) is -1.11. The molecule has 7 heteroatoms. The number of furan rings is 1. The molecule has 1 aromatic rings. The molecule has 0 saturated carbocycles. The van der Waals surface area contributed by atoms with Crippen LogP contribution in [0.4, 0.5) is 4.79 Å². The molecule has 0 aliphatic rings. The van der Waals surface area contributed by atoms with E-state index in [9.17, 15) is 9.59 Å². The molecule has 0 radical (unpaired) electrons. The molecule has 0 aromatic carbocycles. The number of carbonyl (C=O) groups excluding carboxylic acids is 1. The number of nitriles is 1. The first-order chi connectivity index (χ1) is 9.21. The topological polar surface area (TPSA) is 113 Å². The van der Waals surface area contributed by atoms with Crippen molar-refractivity contribution in [2.45, 2.75) is 38.8 Å². The maximum absolute atomic E-state index is 11.6. The van der Waals surface area contributed by atoms with Crippen molar-refractivity contribution in [1.82, 2.24) is 5.32 Å². The number of carboxylic acids is 1. The van der Waals surface area contributed by atoms with Gasteiger partial charge in [-0.05, 0) is 32.4 Å². The number of aliphatic carboxylic acids is 1. The second-order valence-electron chi connectivity index (χ2n) is 5.17. The van der Waals surface area contributed by atoms with E-state index in [1.807, 2.05) is 0 Å². The molecular weight excluding hydrogens is 264 g/mol. The first-order valence-corrected chi connectivity index (χ1v) is 5.91. The van der Waals surface area contributed by atoms with Crippen LogP contribution in [-0.4, -0.2) is 28.8 Å². The molecule has 0 fully saturated rings. The number of ether oxygens (including phenoxy) is 1. The van der Waals surface area contributed by atoms with Crippen LogP contribution in [0, 0.1) is 11.3 Å².